The fourth-order valence-corrected chi connectivity index (χ4v) is 4.52. The molecule has 0 aliphatic rings. The molecule has 5 heteroatoms. The zero-order valence-electron chi connectivity index (χ0n) is 11.0. The second kappa shape index (κ2) is 16.8. The summed E-state index contributed by atoms with van der Waals surface area (Å²) >= 11 is -1.76. The van der Waals surface area contributed by atoms with E-state index in [1.54, 1.807) is 0 Å². The molecule has 103 valence electrons. The molecule has 0 fully saturated rings. The molecule has 0 aliphatic heterocycles. The van der Waals surface area contributed by atoms with Gasteiger partial charge in [-0.2, -0.15) is 0 Å². The van der Waals surface area contributed by atoms with Gasteiger partial charge in [0.1, 0.15) is 0 Å². The quantitative estimate of drug-likeness (QED) is 0.435. The Bertz CT molecular complexity index is 167. The normalized spacial score (nSPS) is 9.94. The standard InChI is InChI=1S/C8H17.C4H8O2.2ClH.Sn/c1-3-5-7-8-6-4-2;1-2-3-4(5)6;;;/h1,3-8H2,2H3;2-3H2,1H3,(H,5,6);2*1H;/q;;;;+2/p-2. The Morgan fingerprint density at radius 3 is 1.88 bits per heavy atom. The van der Waals surface area contributed by atoms with Crippen LogP contribution in [-0.2, 0) is 4.79 Å². The molecule has 0 aromatic heterocycles. The van der Waals surface area contributed by atoms with E-state index in [1.807, 2.05) is 6.92 Å². The van der Waals surface area contributed by atoms with Crippen LogP contribution in [0.15, 0.2) is 0 Å². The first-order chi connectivity index (χ1) is 8.04. The summed E-state index contributed by atoms with van der Waals surface area (Å²) in [7, 11) is 11.6. The molecule has 17 heavy (non-hydrogen) atoms. The SMILES string of the molecule is CCCC(=O)O.CCCCCCC[CH2][Sn]([Cl])[Cl]. The van der Waals surface area contributed by atoms with E-state index in [2.05, 4.69) is 6.92 Å². The second-order valence-electron chi connectivity index (χ2n) is 4.00. The van der Waals surface area contributed by atoms with E-state index in [9.17, 15) is 4.79 Å². The molecule has 0 aromatic carbocycles. The minimum absolute atomic E-state index is 0.292. The number of halogens is 2. The Labute approximate surface area is 120 Å². The van der Waals surface area contributed by atoms with E-state index in [0.717, 1.165) is 10.9 Å². The number of unbranched alkanes of at least 4 members (excludes halogenated alkanes) is 5. The maximum absolute atomic E-state index is 9.60. The van der Waals surface area contributed by atoms with Gasteiger partial charge in [0.15, 0.2) is 0 Å². The van der Waals surface area contributed by atoms with Gasteiger partial charge in [0.25, 0.3) is 0 Å². The van der Waals surface area contributed by atoms with Crippen molar-refractivity contribution in [1.82, 2.24) is 0 Å². The summed E-state index contributed by atoms with van der Waals surface area (Å²) in [5, 5.41) is 7.91. The first-order valence-electron chi connectivity index (χ1n) is 6.43. The van der Waals surface area contributed by atoms with E-state index < -0.39 is 23.5 Å². The summed E-state index contributed by atoms with van der Waals surface area (Å²) in [4.78, 5) is 9.60. The van der Waals surface area contributed by atoms with Crippen molar-refractivity contribution in [2.24, 2.45) is 0 Å². The van der Waals surface area contributed by atoms with Gasteiger partial charge in [-0.25, -0.2) is 0 Å². The predicted octanol–water partition coefficient (Wildman–Crippen LogP) is 5.18. The van der Waals surface area contributed by atoms with Gasteiger partial charge in [-0.15, -0.1) is 0 Å². The van der Waals surface area contributed by atoms with Gasteiger partial charge in [0, 0.05) is 6.42 Å². The number of hydrogen-bond acceptors (Lipinski definition) is 1. The van der Waals surface area contributed by atoms with E-state index in [1.165, 1.54) is 38.5 Å². The molecule has 0 bridgehead atoms. The maximum atomic E-state index is 9.60. The van der Waals surface area contributed by atoms with Crippen molar-refractivity contribution in [3.8, 4) is 0 Å². The first-order valence-corrected chi connectivity index (χ1v) is 15.7. The summed E-state index contributed by atoms with van der Waals surface area (Å²) in [6, 6.07) is 0. The number of carboxylic acid groups (broad SMARTS) is 1. The Balaban J connectivity index is 0. The zero-order chi connectivity index (χ0) is 13.5. The van der Waals surface area contributed by atoms with E-state index in [-0.39, 0.29) is 0 Å². The molecule has 0 aromatic rings. The summed E-state index contributed by atoms with van der Waals surface area (Å²) in [6.45, 7) is 4.08. The molecule has 0 spiro atoms. The number of carbonyl (C=O) groups is 1. The number of rotatable bonds is 9. The monoisotopic (exact) mass is 391 g/mol. The molecule has 0 heterocycles. The summed E-state index contributed by atoms with van der Waals surface area (Å²) < 4.78 is 1.15. The molecule has 0 rings (SSSR count). The fraction of sp³-hybridized carbons (Fsp3) is 0.917. The molecule has 2 nitrogen and oxygen atoms in total. The van der Waals surface area contributed by atoms with E-state index >= 15 is 0 Å². The van der Waals surface area contributed by atoms with Gasteiger partial charge in [-0.05, 0) is 6.42 Å². The van der Waals surface area contributed by atoms with Gasteiger partial charge in [0.2, 0.25) is 0 Å². The topological polar surface area (TPSA) is 37.3 Å². The van der Waals surface area contributed by atoms with Crippen LogP contribution < -0.4 is 0 Å². The van der Waals surface area contributed by atoms with Crippen LogP contribution in [-0.4, -0.2) is 28.6 Å². The van der Waals surface area contributed by atoms with Crippen molar-refractivity contribution in [3.05, 3.63) is 0 Å². The van der Waals surface area contributed by atoms with Gasteiger partial charge in [0.05, 0.1) is 0 Å². The van der Waals surface area contributed by atoms with Gasteiger partial charge in [-0.1, -0.05) is 6.92 Å². The van der Waals surface area contributed by atoms with Crippen molar-refractivity contribution >= 4 is 41.3 Å². The summed E-state index contributed by atoms with van der Waals surface area (Å²) in [6.07, 6.45) is 9.10. The molecule has 0 amide bonds. The summed E-state index contributed by atoms with van der Waals surface area (Å²) in [5.41, 5.74) is 0. The Morgan fingerprint density at radius 1 is 1.00 bits per heavy atom. The van der Waals surface area contributed by atoms with Crippen LogP contribution in [0.1, 0.15) is 65.2 Å². The number of aliphatic carboxylic acids is 1. The van der Waals surface area contributed by atoms with Crippen molar-refractivity contribution < 1.29 is 9.90 Å². The third kappa shape index (κ3) is 26.5. The summed E-state index contributed by atoms with van der Waals surface area (Å²) in [5.74, 6) is -0.711. The molecule has 1 radical (unpaired) electrons. The Morgan fingerprint density at radius 2 is 1.53 bits per heavy atom. The number of carboxylic acids is 1. The van der Waals surface area contributed by atoms with Crippen LogP contribution >= 0.6 is 17.8 Å². The third-order valence-electron chi connectivity index (χ3n) is 2.18. The van der Waals surface area contributed by atoms with Crippen LogP contribution in [0.4, 0.5) is 0 Å². The van der Waals surface area contributed by atoms with Crippen LogP contribution in [0.2, 0.25) is 4.44 Å². The van der Waals surface area contributed by atoms with Crippen molar-refractivity contribution in [3.63, 3.8) is 0 Å². The van der Waals surface area contributed by atoms with Crippen LogP contribution in [0.3, 0.4) is 0 Å². The van der Waals surface area contributed by atoms with Gasteiger partial charge >= 0.3 is 91.2 Å². The average molecular weight is 391 g/mol. The van der Waals surface area contributed by atoms with Crippen molar-refractivity contribution in [2.45, 2.75) is 69.7 Å². The van der Waals surface area contributed by atoms with Crippen LogP contribution in [0.25, 0.3) is 0 Å². The van der Waals surface area contributed by atoms with Gasteiger partial charge in [-0.3, -0.25) is 4.79 Å². The zero-order valence-corrected chi connectivity index (χ0v) is 15.3. The molecular formula is C12H25Cl2O2Sn. The minimum atomic E-state index is -1.76. The van der Waals surface area contributed by atoms with Crippen LogP contribution in [0.5, 0.6) is 0 Å². The second-order valence-corrected chi connectivity index (χ2v) is 14.8. The van der Waals surface area contributed by atoms with E-state index in [0.29, 0.717) is 6.42 Å². The first kappa shape index (κ1) is 20.2. The third-order valence-corrected chi connectivity index (χ3v) is 6.81. The number of hydrogen-bond donors (Lipinski definition) is 1. The fourth-order valence-electron chi connectivity index (χ4n) is 1.25. The van der Waals surface area contributed by atoms with Crippen molar-refractivity contribution in [1.29, 1.82) is 0 Å². The molecule has 0 saturated carbocycles. The average Bonchev–Trinajstić information content (AvgIpc) is 2.23. The molecule has 0 atom stereocenters. The Kier molecular flexibility index (Phi) is 20.0. The molecule has 0 unspecified atom stereocenters. The Hall–Kier alpha value is 0.849. The molecular weight excluding hydrogens is 366 g/mol. The molecule has 0 aliphatic carbocycles. The molecule has 0 saturated heterocycles. The van der Waals surface area contributed by atoms with Gasteiger partial charge < -0.3 is 5.11 Å². The van der Waals surface area contributed by atoms with Crippen molar-refractivity contribution in [2.75, 3.05) is 0 Å². The molecule has 1 N–H and O–H groups in total. The van der Waals surface area contributed by atoms with Crippen LogP contribution in [0, 0.1) is 0 Å². The van der Waals surface area contributed by atoms with E-state index in [4.69, 9.17) is 22.9 Å². The predicted molar refractivity (Wildman–Crippen MR) is 78.2 cm³/mol.